The summed E-state index contributed by atoms with van der Waals surface area (Å²) in [6, 6.07) is 8.92. The van der Waals surface area contributed by atoms with Crippen LogP contribution in [0, 0.1) is 6.92 Å². The summed E-state index contributed by atoms with van der Waals surface area (Å²) < 4.78 is 2.20. The normalized spacial score (nSPS) is 15.2. The summed E-state index contributed by atoms with van der Waals surface area (Å²) >= 11 is 0. The van der Waals surface area contributed by atoms with E-state index >= 15 is 0 Å². The largest absolute Gasteiger partial charge is 0.237 e. The molecule has 0 unspecified atom stereocenters. The molecule has 2 nitrogen and oxygen atoms in total. The van der Waals surface area contributed by atoms with Gasteiger partial charge in [0.2, 0.25) is 0 Å². The fourth-order valence-electron chi connectivity index (χ4n) is 3.22. The Bertz CT molecular complexity index is 628. The molecule has 1 saturated carbocycles. The maximum absolute atomic E-state index is 4.85. The molecule has 21 heavy (non-hydrogen) atoms. The van der Waals surface area contributed by atoms with E-state index in [2.05, 4.69) is 63.6 Å². The Morgan fingerprint density at radius 3 is 2.10 bits per heavy atom. The van der Waals surface area contributed by atoms with Crippen molar-refractivity contribution in [1.29, 1.82) is 0 Å². The van der Waals surface area contributed by atoms with Gasteiger partial charge in [0.05, 0.1) is 17.1 Å². The molecule has 0 aliphatic heterocycles. The SMILES string of the molecule is Cc1nn(-c2ccc(C(C)C)cc2)c(C2CC2)c1C(C)C. The molecule has 3 rings (SSSR count). The predicted octanol–water partition coefficient (Wildman–Crippen LogP) is 5.30. The van der Waals surface area contributed by atoms with Gasteiger partial charge in [-0.1, -0.05) is 39.8 Å². The van der Waals surface area contributed by atoms with Crippen molar-refractivity contribution in [1.82, 2.24) is 9.78 Å². The van der Waals surface area contributed by atoms with E-state index in [0.29, 0.717) is 17.8 Å². The minimum absolute atomic E-state index is 0.546. The second-order valence-corrected chi connectivity index (χ2v) is 6.97. The number of benzene rings is 1. The molecule has 112 valence electrons. The second-order valence-electron chi connectivity index (χ2n) is 6.97. The minimum atomic E-state index is 0.546. The van der Waals surface area contributed by atoms with Gasteiger partial charge >= 0.3 is 0 Å². The minimum Gasteiger partial charge on any atom is -0.237 e. The molecule has 0 radical (unpaired) electrons. The molecule has 2 heteroatoms. The maximum atomic E-state index is 4.85. The van der Waals surface area contributed by atoms with Crippen molar-refractivity contribution in [3.05, 3.63) is 46.8 Å². The van der Waals surface area contributed by atoms with Gasteiger partial charge in [0.1, 0.15) is 0 Å². The van der Waals surface area contributed by atoms with Crippen molar-refractivity contribution in [2.45, 2.75) is 65.2 Å². The van der Waals surface area contributed by atoms with E-state index in [9.17, 15) is 0 Å². The van der Waals surface area contributed by atoms with Crippen LogP contribution in [0.15, 0.2) is 24.3 Å². The molecule has 1 fully saturated rings. The van der Waals surface area contributed by atoms with E-state index in [1.807, 2.05) is 0 Å². The third kappa shape index (κ3) is 2.64. The van der Waals surface area contributed by atoms with Crippen LogP contribution in [0.2, 0.25) is 0 Å². The van der Waals surface area contributed by atoms with Crippen molar-refractivity contribution in [3.8, 4) is 5.69 Å². The Balaban J connectivity index is 2.07. The standard InChI is InChI=1S/C19H26N2/c1-12(2)15-8-10-17(11-9-15)21-19(16-6-7-16)18(13(3)4)14(5)20-21/h8-13,16H,6-7H2,1-5H3. The van der Waals surface area contributed by atoms with Crippen LogP contribution >= 0.6 is 0 Å². The Kier molecular flexibility index (Phi) is 3.64. The van der Waals surface area contributed by atoms with Crippen LogP contribution in [-0.2, 0) is 0 Å². The number of rotatable bonds is 4. The highest BCUT2D eigenvalue weighted by atomic mass is 15.3. The van der Waals surface area contributed by atoms with Crippen LogP contribution in [-0.4, -0.2) is 9.78 Å². The van der Waals surface area contributed by atoms with Gasteiger partial charge in [-0.2, -0.15) is 5.10 Å². The Labute approximate surface area is 128 Å². The summed E-state index contributed by atoms with van der Waals surface area (Å²) in [5, 5.41) is 4.85. The van der Waals surface area contributed by atoms with Gasteiger partial charge < -0.3 is 0 Å². The van der Waals surface area contributed by atoms with Gasteiger partial charge in [0.25, 0.3) is 0 Å². The first-order chi connectivity index (χ1) is 9.99. The number of hydrogen-bond donors (Lipinski definition) is 0. The lowest BCUT2D eigenvalue weighted by atomic mass is 9.98. The van der Waals surface area contributed by atoms with Gasteiger partial charge in [0, 0.05) is 5.92 Å². The van der Waals surface area contributed by atoms with Crippen LogP contribution in [0.4, 0.5) is 0 Å². The lowest BCUT2D eigenvalue weighted by Crippen LogP contribution is -2.03. The molecule has 0 spiro atoms. The molecular formula is C19H26N2. The first kappa shape index (κ1) is 14.4. The van der Waals surface area contributed by atoms with E-state index in [1.165, 1.54) is 41.0 Å². The van der Waals surface area contributed by atoms with Crippen LogP contribution < -0.4 is 0 Å². The van der Waals surface area contributed by atoms with Crippen molar-refractivity contribution in [2.24, 2.45) is 0 Å². The molecular weight excluding hydrogens is 256 g/mol. The summed E-state index contributed by atoms with van der Waals surface area (Å²) in [4.78, 5) is 0. The van der Waals surface area contributed by atoms with Gasteiger partial charge in [-0.25, -0.2) is 4.68 Å². The lowest BCUT2D eigenvalue weighted by molar-refractivity contribution is 0.780. The Morgan fingerprint density at radius 2 is 1.62 bits per heavy atom. The molecule has 2 aromatic rings. The zero-order chi connectivity index (χ0) is 15.1. The second kappa shape index (κ2) is 5.32. The van der Waals surface area contributed by atoms with Crippen LogP contribution in [0.3, 0.4) is 0 Å². The van der Waals surface area contributed by atoms with E-state index in [4.69, 9.17) is 5.10 Å². The highest BCUT2D eigenvalue weighted by molar-refractivity contribution is 5.43. The van der Waals surface area contributed by atoms with Crippen LogP contribution in [0.5, 0.6) is 0 Å². The number of aryl methyl sites for hydroxylation is 1. The number of nitrogens with zero attached hydrogens (tertiary/aromatic N) is 2. The summed E-state index contributed by atoms with van der Waals surface area (Å²) in [6.07, 6.45) is 2.63. The van der Waals surface area contributed by atoms with Gasteiger partial charge in [-0.3, -0.25) is 0 Å². The van der Waals surface area contributed by atoms with Crippen molar-refractivity contribution < 1.29 is 0 Å². The molecule has 0 N–H and O–H groups in total. The zero-order valence-electron chi connectivity index (χ0n) is 13.9. The predicted molar refractivity (Wildman–Crippen MR) is 88.5 cm³/mol. The summed E-state index contributed by atoms with van der Waals surface area (Å²) in [5.74, 6) is 1.84. The van der Waals surface area contributed by atoms with Crippen molar-refractivity contribution in [2.75, 3.05) is 0 Å². The molecule has 0 atom stereocenters. The summed E-state index contributed by atoms with van der Waals surface area (Å²) in [5.41, 5.74) is 6.71. The molecule has 1 heterocycles. The number of hydrogen-bond acceptors (Lipinski definition) is 1. The zero-order valence-corrected chi connectivity index (χ0v) is 13.9. The van der Waals surface area contributed by atoms with Gasteiger partial charge in [0.15, 0.2) is 0 Å². The molecule has 1 aromatic carbocycles. The fourth-order valence-corrected chi connectivity index (χ4v) is 3.22. The molecule has 0 saturated heterocycles. The molecule has 0 amide bonds. The first-order valence-electron chi connectivity index (χ1n) is 8.18. The average molecular weight is 282 g/mol. The van der Waals surface area contributed by atoms with E-state index in [0.717, 1.165) is 0 Å². The monoisotopic (exact) mass is 282 g/mol. The van der Waals surface area contributed by atoms with E-state index in [1.54, 1.807) is 0 Å². The van der Waals surface area contributed by atoms with Gasteiger partial charge in [-0.05, 0) is 54.9 Å². The average Bonchev–Trinajstić information content (AvgIpc) is 3.21. The quantitative estimate of drug-likeness (QED) is 0.743. The Hall–Kier alpha value is -1.57. The smallest absolute Gasteiger partial charge is 0.0649 e. The molecule has 1 aliphatic carbocycles. The van der Waals surface area contributed by atoms with Crippen molar-refractivity contribution >= 4 is 0 Å². The van der Waals surface area contributed by atoms with E-state index in [-0.39, 0.29) is 0 Å². The fraction of sp³-hybridized carbons (Fsp3) is 0.526. The van der Waals surface area contributed by atoms with Crippen LogP contribution in [0.25, 0.3) is 5.69 Å². The third-order valence-corrected chi connectivity index (χ3v) is 4.49. The summed E-state index contributed by atoms with van der Waals surface area (Å²) in [6.45, 7) is 11.2. The molecule has 0 bridgehead atoms. The van der Waals surface area contributed by atoms with Gasteiger partial charge in [-0.15, -0.1) is 0 Å². The molecule has 1 aliphatic rings. The third-order valence-electron chi connectivity index (χ3n) is 4.49. The highest BCUT2D eigenvalue weighted by Crippen LogP contribution is 2.45. The topological polar surface area (TPSA) is 17.8 Å². The lowest BCUT2D eigenvalue weighted by Gasteiger charge is -2.12. The first-order valence-corrected chi connectivity index (χ1v) is 8.18. The van der Waals surface area contributed by atoms with Crippen LogP contribution in [0.1, 0.15) is 80.8 Å². The summed E-state index contributed by atoms with van der Waals surface area (Å²) in [7, 11) is 0. The van der Waals surface area contributed by atoms with E-state index < -0.39 is 0 Å². The molecule has 1 aromatic heterocycles. The van der Waals surface area contributed by atoms with Crippen molar-refractivity contribution in [3.63, 3.8) is 0 Å². The maximum Gasteiger partial charge on any atom is 0.0649 e. The highest BCUT2D eigenvalue weighted by Gasteiger charge is 2.32. The number of aromatic nitrogens is 2. The Morgan fingerprint density at radius 1 is 1.00 bits per heavy atom.